The lowest BCUT2D eigenvalue weighted by atomic mass is 9.92. The highest BCUT2D eigenvalue weighted by molar-refractivity contribution is 7.92. The summed E-state index contributed by atoms with van der Waals surface area (Å²) in [6.45, 7) is 3.06. The van der Waals surface area contributed by atoms with Crippen LogP contribution in [0, 0.1) is 11.8 Å². The van der Waals surface area contributed by atoms with Crippen LogP contribution in [0.15, 0.2) is 0 Å². The third kappa shape index (κ3) is 2.20. The zero-order chi connectivity index (χ0) is 9.19. The highest BCUT2D eigenvalue weighted by Gasteiger charge is 2.37. The summed E-state index contributed by atoms with van der Waals surface area (Å²) in [5, 5.41) is 3.10. The molecular formula is C8H17NO2S. The molecule has 0 aromatic heterocycles. The molecule has 0 spiro atoms. The summed E-state index contributed by atoms with van der Waals surface area (Å²) in [5.41, 5.74) is 0. The highest BCUT2D eigenvalue weighted by Crippen LogP contribution is 2.27. The first kappa shape index (κ1) is 9.99. The van der Waals surface area contributed by atoms with Gasteiger partial charge in [-0.3, -0.25) is 0 Å². The fraction of sp³-hybridized carbons (Fsp3) is 1.00. The van der Waals surface area contributed by atoms with Crippen LogP contribution in [-0.2, 0) is 9.84 Å². The lowest BCUT2D eigenvalue weighted by Gasteiger charge is -2.32. The molecule has 0 radical (unpaired) electrons. The average molecular weight is 191 g/mol. The van der Waals surface area contributed by atoms with Crippen molar-refractivity contribution in [3.63, 3.8) is 0 Å². The van der Waals surface area contributed by atoms with Crippen LogP contribution in [0.25, 0.3) is 0 Å². The van der Waals surface area contributed by atoms with Gasteiger partial charge in [0.2, 0.25) is 0 Å². The Hall–Kier alpha value is -0.0900. The summed E-state index contributed by atoms with van der Waals surface area (Å²) in [6, 6.07) is 0. The molecule has 1 aliphatic rings. The Morgan fingerprint density at radius 1 is 1.50 bits per heavy atom. The summed E-state index contributed by atoms with van der Waals surface area (Å²) in [5.74, 6) is 1.77. The van der Waals surface area contributed by atoms with Gasteiger partial charge in [0.25, 0.3) is 0 Å². The van der Waals surface area contributed by atoms with Crippen LogP contribution in [0.1, 0.15) is 13.3 Å². The first-order valence-corrected chi connectivity index (χ1v) is 6.26. The Bertz CT molecular complexity index is 223. The molecule has 1 atom stereocenters. The maximum Gasteiger partial charge on any atom is 0.150 e. The third-order valence-corrected chi connectivity index (χ3v) is 4.47. The molecule has 0 aromatic rings. The zero-order valence-electron chi connectivity index (χ0n) is 7.71. The minimum atomic E-state index is -2.63. The van der Waals surface area contributed by atoms with E-state index in [9.17, 15) is 8.42 Å². The van der Waals surface area contributed by atoms with Crippen molar-refractivity contribution in [3.8, 4) is 0 Å². The van der Waals surface area contributed by atoms with Gasteiger partial charge >= 0.3 is 0 Å². The fourth-order valence-corrected chi connectivity index (χ4v) is 3.53. The molecule has 0 aliphatic carbocycles. The maximum atomic E-state index is 10.9. The van der Waals surface area contributed by atoms with E-state index in [4.69, 9.17) is 0 Å². The molecule has 4 heteroatoms. The molecule has 1 N–H and O–H groups in total. The largest absolute Gasteiger partial charge is 0.319 e. The van der Waals surface area contributed by atoms with Gasteiger partial charge in [-0.05, 0) is 25.4 Å². The van der Waals surface area contributed by atoms with Crippen molar-refractivity contribution in [1.29, 1.82) is 0 Å². The second-order valence-electron chi connectivity index (χ2n) is 3.56. The molecule has 1 rings (SSSR count). The Morgan fingerprint density at radius 3 is 2.42 bits per heavy atom. The highest BCUT2D eigenvalue weighted by atomic mass is 32.2. The van der Waals surface area contributed by atoms with Crippen molar-refractivity contribution in [2.45, 2.75) is 13.3 Å². The zero-order valence-corrected chi connectivity index (χ0v) is 8.52. The molecule has 3 nitrogen and oxygen atoms in total. The smallest absolute Gasteiger partial charge is 0.150 e. The molecule has 1 heterocycles. The van der Waals surface area contributed by atoms with Crippen LogP contribution in [0.3, 0.4) is 0 Å². The minimum Gasteiger partial charge on any atom is -0.319 e. The minimum absolute atomic E-state index is 0.410. The van der Waals surface area contributed by atoms with E-state index in [0.29, 0.717) is 23.3 Å². The van der Waals surface area contributed by atoms with Crippen molar-refractivity contribution in [1.82, 2.24) is 5.32 Å². The standard InChI is InChI=1S/C8H17NO2S/c1-3-7(4-9-2)8-5-12(10,11)6-8/h7-9H,3-6H2,1-2H3. The number of hydrogen-bond acceptors (Lipinski definition) is 3. The van der Waals surface area contributed by atoms with Crippen LogP contribution in [-0.4, -0.2) is 33.5 Å². The van der Waals surface area contributed by atoms with E-state index < -0.39 is 9.84 Å². The molecule has 1 saturated heterocycles. The molecule has 0 bridgehead atoms. The van der Waals surface area contributed by atoms with E-state index in [1.54, 1.807) is 0 Å². The van der Waals surface area contributed by atoms with Crippen LogP contribution >= 0.6 is 0 Å². The van der Waals surface area contributed by atoms with E-state index in [1.165, 1.54) is 0 Å². The van der Waals surface area contributed by atoms with Gasteiger partial charge in [0.15, 0.2) is 9.84 Å². The van der Waals surface area contributed by atoms with Crippen LogP contribution in [0.5, 0.6) is 0 Å². The molecule has 0 amide bonds. The first-order chi connectivity index (χ1) is 5.59. The summed E-state index contributed by atoms with van der Waals surface area (Å²) in [6.07, 6.45) is 1.07. The Labute approximate surface area is 74.5 Å². The second-order valence-corrected chi connectivity index (χ2v) is 5.72. The Kier molecular flexibility index (Phi) is 3.12. The monoisotopic (exact) mass is 191 g/mol. The van der Waals surface area contributed by atoms with Gasteiger partial charge < -0.3 is 5.32 Å². The predicted octanol–water partition coefficient (Wildman–Crippen LogP) is 0.277. The Morgan fingerprint density at radius 2 is 2.08 bits per heavy atom. The van der Waals surface area contributed by atoms with E-state index >= 15 is 0 Å². The van der Waals surface area contributed by atoms with Crippen molar-refractivity contribution < 1.29 is 8.42 Å². The van der Waals surface area contributed by atoms with Crippen molar-refractivity contribution in [2.24, 2.45) is 11.8 Å². The predicted molar refractivity (Wildman–Crippen MR) is 49.9 cm³/mol. The number of sulfone groups is 1. The maximum absolute atomic E-state index is 10.9. The van der Waals surface area contributed by atoms with Gasteiger partial charge in [-0.25, -0.2) is 8.42 Å². The fourth-order valence-electron chi connectivity index (χ4n) is 1.78. The van der Waals surface area contributed by atoms with Gasteiger partial charge in [-0.1, -0.05) is 13.3 Å². The lowest BCUT2D eigenvalue weighted by Crippen LogP contribution is -2.43. The lowest BCUT2D eigenvalue weighted by molar-refractivity contribution is 0.342. The van der Waals surface area contributed by atoms with Crippen LogP contribution in [0.2, 0.25) is 0 Å². The molecule has 0 saturated carbocycles. The van der Waals surface area contributed by atoms with Crippen molar-refractivity contribution in [2.75, 3.05) is 25.1 Å². The SMILES string of the molecule is CCC(CNC)C1CS(=O)(=O)C1. The second kappa shape index (κ2) is 3.75. The number of nitrogens with one attached hydrogen (secondary N) is 1. The van der Waals surface area contributed by atoms with E-state index in [2.05, 4.69) is 12.2 Å². The summed E-state index contributed by atoms with van der Waals surface area (Å²) in [7, 11) is -0.719. The summed E-state index contributed by atoms with van der Waals surface area (Å²) in [4.78, 5) is 0. The van der Waals surface area contributed by atoms with Crippen LogP contribution in [0.4, 0.5) is 0 Å². The van der Waals surface area contributed by atoms with E-state index in [-0.39, 0.29) is 0 Å². The molecule has 72 valence electrons. The first-order valence-electron chi connectivity index (χ1n) is 4.44. The van der Waals surface area contributed by atoms with E-state index in [1.807, 2.05) is 7.05 Å². The summed E-state index contributed by atoms with van der Waals surface area (Å²) >= 11 is 0. The molecule has 12 heavy (non-hydrogen) atoms. The molecular weight excluding hydrogens is 174 g/mol. The topological polar surface area (TPSA) is 46.2 Å². The van der Waals surface area contributed by atoms with Crippen molar-refractivity contribution in [3.05, 3.63) is 0 Å². The molecule has 1 fully saturated rings. The molecule has 1 unspecified atom stereocenters. The molecule has 1 aliphatic heterocycles. The van der Waals surface area contributed by atoms with Gasteiger partial charge in [-0.15, -0.1) is 0 Å². The third-order valence-electron chi connectivity index (χ3n) is 2.59. The van der Waals surface area contributed by atoms with Crippen LogP contribution < -0.4 is 5.32 Å². The number of hydrogen-bond donors (Lipinski definition) is 1. The average Bonchev–Trinajstić information content (AvgIpc) is 1.95. The van der Waals surface area contributed by atoms with Crippen molar-refractivity contribution >= 4 is 9.84 Å². The molecule has 0 aromatic carbocycles. The van der Waals surface area contributed by atoms with Gasteiger partial charge in [0.05, 0.1) is 11.5 Å². The summed E-state index contributed by atoms with van der Waals surface area (Å²) < 4.78 is 21.8. The van der Waals surface area contributed by atoms with E-state index in [0.717, 1.165) is 13.0 Å². The van der Waals surface area contributed by atoms with Gasteiger partial charge in [-0.2, -0.15) is 0 Å². The normalized spacial score (nSPS) is 24.8. The quantitative estimate of drug-likeness (QED) is 0.694. The Balaban J connectivity index is 2.38. The number of rotatable bonds is 4. The van der Waals surface area contributed by atoms with Gasteiger partial charge in [0.1, 0.15) is 0 Å². The van der Waals surface area contributed by atoms with Gasteiger partial charge in [0, 0.05) is 0 Å².